The third-order valence-corrected chi connectivity index (χ3v) is 3.32. The SMILES string of the molecule is O=C(O)c1ccn2cc(-c3cccc(Br)c3)nc2c1. The minimum atomic E-state index is -0.950. The number of hydrogen-bond donors (Lipinski definition) is 1. The molecule has 3 aromatic rings. The fourth-order valence-corrected chi connectivity index (χ4v) is 2.30. The zero-order valence-corrected chi connectivity index (χ0v) is 11.3. The van der Waals surface area contributed by atoms with Crippen molar-refractivity contribution in [1.82, 2.24) is 9.38 Å². The van der Waals surface area contributed by atoms with Crippen molar-refractivity contribution in [2.75, 3.05) is 0 Å². The summed E-state index contributed by atoms with van der Waals surface area (Å²) in [5.74, 6) is -0.950. The van der Waals surface area contributed by atoms with Gasteiger partial charge >= 0.3 is 5.97 Å². The first kappa shape index (κ1) is 11.9. The van der Waals surface area contributed by atoms with Gasteiger partial charge in [0, 0.05) is 22.4 Å². The van der Waals surface area contributed by atoms with Crippen molar-refractivity contribution in [1.29, 1.82) is 0 Å². The highest BCUT2D eigenvalue weighted by Crippen LogP contribution is 2.22. The highest BCUT2D eigenvalue weighted by Gasteiger charge is 2.08. The first-order valence-corrected chi connectivity index (χ1v) is 6.41. The molecular formula is C14H9BrN2O2. The molecule has 0 amide bonds. The van der Waals surface area contributed by atoms with E-state index in [-0.39, 0.29) is 5.56 Å². The quantitative estimate of drug-likeness (QED) is 0.787. The molecular weight excluding hydrogens is 308 g/mol. The van der Waals surface area contributed by atoms with Crippen molar-refractivity contribution in [3.05, 3.63) is 58.8 Å². The van der Waals surface area contributed by atoms with E-state index in [1.807, 2.05) is 34.9 Å². The number of carbonyl (C=O) groups is 1. The van der Waals surface area contributed by atoms with Gasteiger partial charge in [-0.15, -0.1) is 0 Å². The molecule has 0 fully saturated rings. The molecule has 0 spiro atoms. The van der Waals surface area contributed by atoms with Crippen molar-refractivity contribution >= 4 is 27.5 Å². The molecule has 2 heterocycles. The van der Waals surface area contributed by atoms with Crippen LogP contribution in [0.15, 0.2) is 53.3 Å². The van der Waals surface area contributed by atoms with Gasteiger partial charge < -0.3 is 9.51 Å². The maximum absolute atomic E-state index is 10.9. The molecule has 1 N–H and O–H groups in total. The number of nitrogens with zero attached hydrogens (tertiary/aromatic N) is 2. The lowest BCUT2D eigenvalue weighted by Gasteiger charge is -1.95. The van der Waals surface area contributed by atoms with Crippen molar-refractivity contribution < 1.29 is 9.90 Å². The van der Waals surface area contributed by atoms with Gasteiger partial charge in [0.25, 0.3) is 0 Å². The largest absolute Gasteiger partial charge is 0.478 e. The Morgan fingerprint density at radius 1 is 1.26 bits per heavy atom. The summed E-state index contributed by atoms with van der Waals surface area (Å²) < 4.78 is 2.79. The van der Waals surface area contributed by atoms with Gasteiger partial charge in [-0.05, 0) is 24.3 Å². The second-order valence-corrected chi connectivity index (χ2v) is 5.04. The second kappa shape index (κ2) is 4.51. The van der Waals surface area contributed by atoms with Crippen LogP contribution in [0.5, 0.6) is 0 Å². The van der Waals surface area contributed by atoms with Crippen LogP contribution in [0.1, 0.15) is 10.4 Å². The summed E-state index contributed by atoms with van der Waals surface area (Å²) in [4.78, 5) is 15.4. The highest BCUT2D eigenvalue weighted by molar-refractivity contribution is 9.10. The van der Waals surface area contributed by atoms with E-state index in [9.17, 15) is 4.79 Å². The molecule has 0 atom stereocenters. The maximum Gasteiger partial charge on any atom is 0.335 e. The Morgan fingerprint density at radius 2 is 2.11 bits per heavy atom. The Morgan fingerprint density at radius 3 is 2.84 bits per heavy atom. The van der Waals surface area contributed by atoms with Crippen LogP contribution in [0.3, 0.4) is 0 Å². The molecule has 0 saturated heterocycles. The molecule has 94 valence electrons. The molecule has 0 aliphatic rings. The van der Waals surface area contributed by atoms with Gasteiger partial charge in [-0.3, -0.25) is 0 Å². The molecule has 5 heteroatoms. The number of benzene rings is 1. The minimum Gasteiger partial charge on any atom is -0.478 e. The lowest BCUT2D eigenvalue weighted by molar-refractivity contribution is 0.0697. The van der Waals surface area contributed by atoms with E-state index in [2.05, 4.69) is 20.9 Å². The number of aromatic carboxylic acids is 1. The van der Waals surface area contributed by atoms with Crippen LogP contribution in [0, 0.1) is 0 Å². The zero-order chi connectivity index (χ0) is 13.4. The highest BCUT2D eigenvalue weighted by atomic mass is 79.9. The Kier molecular flexibility index (Phi) is 2.83. The summed E-state index contributed by atoms with van der Waals surface area (Å²) in [5.41, 5.74) is 2.65. The lowest BCUT2D eigenvalue weighted by Crippen LogP contribution is -1.96. The molecule has 0 radical (unpaired) electrons. The van der Waals surface area contributed by atoms with Crippen LogP contribution in [0.4, 0.5) is 0 Å². The number of halogens is 1. The fraction of sp³-hybridized carbons (Fsp3) is 0. The number of pyridine rings is 1. The standard InChI is InChI=1S/C14H9BrN2O2/c15-11-3-1-2-9(6-11)12-8-17-5-4-10(14(18)19)7-13(17)16-12/h1-8H,(H,18,19). The smallest absolute Gasteiger partial charge is 0.335 e. The molecule has 0 saturated carbocycles. The number of carboxylic acid groups (broad SMARTS) is 1. The van der Waals surface area contributed by atoms with Crippen molar-refractivity contribution in [3.63, 3.8) is 0 Å². The number of carboxylic acids is 1. The number of hydrogen-bond acceptors (Lipinski definition) is 2. The van der Waals surface area contributed by atoms with E-state index < -0.39 is 5.97 Å². The van der Waals surface area contributed by atoms with Gasteiger partial charge in [0.05, 0.1) is 11.3 Å². The third-order valence-electron chi connectivity index (χ3n) is 2.83. The van der Waals surface area contributed by atoms with E-state index in [1.165, 1.54) is 0 Å². The van der Waals surface area contributed by atoms with Gasteiger partial charge in [-0.25, -0.2) is 9.78 Å². The van der Waals surface area contributed by atoms with Crippen LogP contribution in [0.25, 0.3) is 16.9 Å². The number of fused-ring (bicyclic) bond motifs is 1. The van der Waals surface area contributed by atoms with E-state index in [4.69, 9.17) is 5.11 Å². The number of rotatable bonds is 2. The van der Waals surface area contributed by atoms with Crippen molar-refractivity contribution in [2.24, 2.45) is 0 Å². The molecule has 0 aliphatic heterocycles. The normalized spacial score (nSPS) is 10.8. The molecule has 19 heavy (non-hydrogen) atoms. The summed E-state index contributed by atoms with van der Waals surface area (Å²) in [6.45, 7) is 0. The van der Waals surface area contributed by atoms with Crippen molar-refractivity contribution in [2.45, 2.75) is 0 Å². The van der Waals surface area contributed by atoms with E-state index in [0.717, 1.165) is 15.7 Å². The Hall–Kier alpha value is -2.14. The Labute approximate surface area is 117 Å². The van der Waals surface area contributed by atoms with Gasteiger partial charge in [0.2, 0.25) is 0 Å². The molecule has 0 bridgehead atoms. The second-order valence-electron chi connectivity index (χ2n) is 4.12. The average molecular weight is 317 g/mol. The molecule has 3 rings (SSSR count). The van der Waals surface area contributed by atoms with Gasteiger partial charge in [-0.1, -0.05) is 28.1 Å². The molecule has 1 aromatic carbocycles. The van der Waals surface area contributed by atoms with E-state index >= 15 is 0 Å². The predicted molar refractivity (Wildman–Crippen MR) is 75.3 cm³/mol. The van der Waals surface area contributed by atoms with Crippen LogP contribution >= 0.6 is 15.9 Å². The maximum atomic E-state index is 10.9. The molecule has 2 aromatic heterocycles. The first-order valence-electron chi connectivity index (χ1n) is 5.61. The molecule has 4 nitrogen and oxygen atoms in total. The van der Waals surface area contributed by atoms with Gasteiger partial charge in [0.15, 0.2) is 0 Å². The third kappa shape index (κ3) is 2.24. The number of imidazole rings is 1. The van der Waals surface area contributed by atoms with Crippen LogP contribution in [0.2, 0.25) is 0 Å². The summed E-state index contributed by atoms with van der Waals surface area (Å²) in [6, 6.07) is 10.9. The van der Waals surface area contributed by atoms with Gasteiger partial charge in [0.1, 0.15) is 5.65 Å². The summed E-state index contributed by atoms with van der Waals surface area (Å²) in [7, 11) is 0. The lowest BCUT2D eigenvalue weighted by atomic mass is 10.2. The van der Waals surface area contributed by atoms with Crippen LogP contribution < -0.4 is 0 Å². The monoisotopic (exact) mass is 316 g/mol. The van der Waals surface area contributed by atoms with Gasteiger partial charge in [-0.2, -0.15) is 0 Å². The zero-order valence-electron chi connectivity index (χ0n) is 9.75. The molecule has 0 unspecified atom stereocenters. The minimum absolute atomic E-state index is 0.235. The van der Waals surface area contributed by atoms with Crippen LogP contribution in [-0.4, -0.2) is 20.5 Å². The fourth-order valence-electron chi connectivity index (χ4n) is 1.90. The van der Waals surface area contributed by atoms with E-state index in [1.54, 1.807) is 18.3 Å². The Balaban J connectivity index is 2.14. The summed E-state index contributed by atoms with van der Waals surface area (Å²) in [5, 5.41) is 8.96. The first-order chi connectivity index (χ1) is 9.13. The number of aromatic nitrogens is 2. The summed E-state index contributed by atoms with van der Waals surface area (Å²) in [6.07, 6.45) is 3.58. The average Bonchev–Trinajstić information content (AvgIpc) is 2.81. The predicted octanol–water partition coefficient (Wildman–Crippen LogP) is 3.46. The Bertz CT molecular complexity index is 780. The van der Waals surface area contributed by atoms with Crippen LogP contribution in [-0.2, 0) is 0 Å². The van der Waals surface area contributed by atoms with E-state index in [0.29, 0.717) is 5.65 Å². The topological polar surface area (TPSA) is 54.6 Å². The molecule has 0 aliphatic carbocycles. The summed E-state index contributed by atoms with van der Waals surface area (Å²) >= 11 is 3.42. The van der Waals surface area contributed by atoms with Crippen molar-refractivity contribution in [3.8, 4) is 11.3 Å².